The van der Waals surface area contributed by atoms with Gasteiger partial charge in [-0.2, -0.15) is 0 Å². The summed E-state index contributed by atoms with van der Waals surface area (Å²) in [5.41, 5.74) is 1.33. The van der Waals surface area contributed by atoms with Gasteiger partial charge in [-0.15, -0.1) is 11.3 Å². The zero-order chi connectivity index (χ0) is 12.9. The van der Waals surface area contributed by atoms with Crippen LogP contribution in [0.1, 0.15) is 31.2 Å². The van der Waals surface area contributed by atoms with Crippen LogP contribution in [-0.2, 0) is 6.54 Å². The van der Waals surface area contributed by atoms with Crippen LogP contribution >= 0.6 is 11.3 Å². The van der Waals surface area contributed by atoms with Crippen molar-refractivity contribution in [1.82, 2.24) is 4.90 Å². The molecule has 0 saturated carbocycles. The fourth-order valence-electron chi connectivity index (χ4n) is 1.80. The van der Waals surface area contributed by atoms with Gasteiger partial charge in [-0.3, -0.25) is 0 Å². The first-order chi connectivity index (χ1) is 7.90. The van der Waals surface area contributed by atoms with Crippen LogP contribution in [-0.4, -0.2) is 30.2 Å². The van der Waals surface area contributed by atoms with Crippen molar-refractivity contribution in [2.24, 2.45) is 5.41 Å². The first kappa shape index (κ1) is 14.2. The van der Waals surface area contributed by atoms with Gasteiger partial charge in [0, 0.05) is 28.9 Å². The average Bonchev–Trinajstić information content (AvgIpc) is 2.59. The largest absolute Gasteiger partial charge is 0.384 e. The van der Waals surface area contributed by atoms with Gasteiger partial charge in [-0.25, -0.2) is 0 Å². The van der Waals surface area contributed by atoms with Crippen molar-refractivity contribution < 1.29 is 5.11 Å². The van der Waals surface area contributed by atoms with E-state index in [1.165, 1.54) is 4.88 Å². The van der Waals surface area contributed by atoms with Crippen LogP contribution in [0.4, 0.5) is 0 Å². The molecule has 0 amide bonds. The number of aliphatic hydroxyl groups is 1. The molecule has 1 aromatic rings. The summed E-state index contributed by atoms with van der Waals surface area (Å²) in [4.78, 5) is 3.65. The summed E-state index contributed by atoms with van der Waals surface area (Å²) in [6, 6.07) is 2.10. The van der Waals surface area contributed by atoms with Crippen molar-refractivity contribution in [2.75, 3.05) is 20.2 Å². The number of rotatable bonds is 3. The quantitative estimate of drug-likeness (QED) is 0.835. The van der Waals surface area contributed by atoms with Crippen molar-refractivity contribution in [3.63, 3.8) is 0 Å². The molecule has 0 bridgehead atoms. The van der Waals surface area contributed by atoms with Gasteiger partial charge in [0.1, 0.15) is 6.61 Å². The Labute approximate surface area is 108 Å². The van der Waals surface area contributed by atoms with E-state index in [1.54, 1.807) is 11.3 Å². The molecule has 1 rings (SSSR count). The summed E-state index contributed by atoms with van der Waals surface area (Å²) in [5, 5.41) is 10.7. The Hall–Kier alpha value is -0.820. The van der Waals surface area contributed by atoms with Crippen LogP contribution in [0.5, 0.6) is 0 Å². The van der Waals surface area contributed by atoms with Gasteiger partial charge in [-0.1, -0.05) is 32.6 Å². The third kappa shape index (κ3) is 5.88. The summed E-state index contributed by atoms with van der Waals surface area (Å²) >= 11 is 1.73. The van der Waals surface area contributed by atoms with E-state index in [4.69, 9.17) is 5.11 Å². The van der Waals surface area contributed by atoms with Crippen LogP contribution in [0, 0.1) is 17.3 Å². The minimum atomic E-state index is -0.0743. The van der Waals surface area contributed by atoms with Crippen molar-refractivity contribution in [3.8, 4) is 11.8 Å². The lowest BCUT2D eigenvalue weighted by molar-refractivity contribution is 0.222. The van der Waals surface area contributed by atoms with E-state index in [9.17, 15) is 0 Å². The number of hydrogen-bond donors (Lipinski definition) is 1. The zero-order valence-corrected chi connectivity index (χ0v) is 11.9. The molecule has 0 spiro atoms. The first-order valence-electron chi connectivity index (χ1n) is 5.76. The molecule has 0 atom stereocenters. The van der Waals surface area contributed by atoms with Gasteiger partial charge in [0.15, 0.2) is 0 Å². The lowest BCUT2D eigenvalue weighted by atomic mass is 9.96. The van der Waals surface area contributed by atoms with Gasteiger partial charge >= 0.3 is 0 Å². The highest BCUT2D eigenvalue weighted by molar-refractivity contribution is 7.10. The second kappa shape index (κ2) is 6.20. The molecule has 1 N–H and O–H groups in total. The highest BCUT2D eigenvalue weighted by atomic mass is 32.1. The van der Waals surface area contributed by atoms with Crippen LogP contribution < -0.4 is 0 Å². The highest BCUT2D eigenvalue weighted by Gasteiger charge is 2.13. The third-order valence-electron chi connectivity index (χ3n) is 2.14. The maximum absolute atomic E-state index is 8.63. The predicted molar refractivity (Wildman–Crippen MR) is 74.1 cm³/mol. The molecule has 0 unspecified atom stereocenters. The van der Waals surface area contributed by atoms with E-state index in [2.05, 4.69) is 50.6 Å². The lowest BCUT2D eigenvalue weighted by Gasteiger charge is -2.25. The molecule has 94 valence electrons. The molecule has 0 aliphatic carbocycles. The lowest BCUT2D eigenvalue weighted by Crippen LogP contribution is -2.28. The van der Waals surface area contributed by atoms with E-state index in [-0.39, 0.29) is 6.61 Å². The summed E-state index contributed by atoms with van der Waals surface area (Å²) in [6.07, 6.45) is 0. The number of nitrogens with zero attached hydrogens (tertiary/aromatic N) is 1. The molecule has 1 heterocycles. The topological polar surface area (TPSA) is 23.5 Å². The van der Waals surface area contributed by atoms with Gasteiger partial charge in [0.25, 0.3) is 0 Å². The molecular formula is C14H21NOS. The minimum Gasteiger partial charge on any atom is -0.384 e. The Morgan fingerprint density at radius 3 is 2.71 bits per heavy atom. The van der Waals surface area contributed by atoms with Crippen molar-refractivity contribution >= 4 is 11.3 Å². The fourth-order valence-corrected chi connectivity index (χ4v) is 2.70. The van der Waals surface area contributed by atoms with Crippen molar-refractivity contribution in [1.29, 1.82) is 0 Å². The highest BCUT2D eigenvalue weighted by Crippen LogP contribution is 2.19. The average molecular weight is 251 g/mol. The van der Waals surface area contributed by atoms with Crippen LogP contribution in [0.2, 0.25) is 0 Å². The maximum Gasteiger partial charge on any atom is 0.104 e. The molecule has 0 radical (unpaired) electrons. The maximum atomic E-state index is 8.63. The molecule has 0 aliphatic heterocycles. The van der Waals surface area contributed by atoms with E-state index >= 15 is 0 Å². The van der Waals surface area contributed by atoms with Gasteiger partial charge in [0.2, 0.25) is 0 Å². The number of hydrogen-bond acceptors (Lipinski definition) is 3. The Bertz CT molecular complexity index is 406. The molecular weight excluding hydrogens is 230 g/mol. The molecule has 1 aromatic heterocycles. The molecule has 0 fully saturated rings. The smallest absolute Gasteiger partial charge is 0.104 e. The molecule has 2 nitrogen and oxygen atoms in total. The van der Waals surface area contributed by atoms with Gasteiger partial charge in [-0.05, 0) is 18.5 Å². The Kier molecular flexibility index (Phi) is 5.20. The van der Waals surface area contributed by atoms with E-state index in [0.29, 0.717) is 5.41 Å². The zero-order valence-electron chi connectivity index (χ0n) is 11.1. The number of aliphatic hydroxyl groups excluding tert-OH is 1. The normalized spacial score (nSPS) is 11.4. The summed E-state index contributed by atoms with van der Waals surface area (Å²) in [6.45, 7) is 8.70. The molecule has 0 saturated heterocycles. The van der Waals surface area contributed by atoms with Crippen molar-refractivity contribution in [3.05, 3.63) is 21.9 Å². The summed E-state index contributed by atoms with van der Waals surface area (Å²) in [7, 11) is 2.14. The fraction of sp³-hybridized carbons (Fsp3) is 0.571. The predicted octanol–water partition coefficient (Wildman–Crippen LogP) is 2.57. The van der Waals surface area contributed by atoms with E-state index < -0.39 is 0 Å². The summed E-state index contributed by atoms with van der Waals surface area (Å²) in [5.74, 6) is 5.60. The van der Waals surface area contributed by atoms with Crippen LogP contribution in [0.3, 0.4) is 0 Å². The molecule has 0 aromatic carbocycles. The SMILES string of the molecule is CN(Cc1cc(C#CCO)cs1)CC(C)(C)C. The molecule has 3 heteroatoms. The molecule has 17 heavy (non-hydrogen) atoms. The number of thiophene rings is 1. The van der Waals surface area contributed by atoms with E-state index in [0.717, 1.165) is 18.7 Å². The standard InChI is InChI=1S/C14H21NOS/c1-14(2,3)11-15(4)9-13-8-12(10-17-13)6-5-7-16/h8,10,16H,7,9,11H2,1-4H3. The van der Waals surface area contributed by atoms with Crippen molar-refractivity contribution in [2.45, 2.75) is 27.3 Å². The van der Waals surface area contributed by atoms with Crippen LogP contribution in [0.25, 0.3) is 0 Å². The Morgan fingerprint density at radius 2 is 2.12 bits per heavy atom. The third-order valence-corrected chi connectivity index (χ3v) is 3.06. The minimum absolute atomic E-state index is 0.0743. The van der Waals surface area contributed by atoms with E-state index in [1.807, 2.05) is 5.38 Å². The Balaban J connectivity index is 2.54. The second-order valence-electron chi connectivity index (χ2n) is 5.49. The summed E-state index contributed by atoms with van der Waals surface area (Å²) < 4.78 is 0. The molecule has 0 aliphatic rings. The monoisotopic (exact) mass is 251 g/mol. The first-order valence-corrected chi connectivity index (χ1v) is 6.64. The van der Waals surface area contributed by atoms with Gasteiger partial charge in [0.05, 0.1) is 0 Å². The second-order valence-corrected chi connectivity index (χ2v) is 6.49. The van der Waals surface area contributed by atoms with Crippen LogP contribution in [0.15, 0.2) is 11.4 Å². The Morgan fingerprint density at radius 1 is 1.41 bits per heavy atom. The van der Waals surface area contributed by atoms with Gasteiger partial charge < -0.3 is 10.0 Å².